The van der Waals surface area contributed by atoms with Gasteiger partial charge in [0, 0.05) is 36.2 Å². The minimum absolute atomic E-state index is 0.00101. The van der Waals surface area contributed by atoms with E-state index >= 15 is 0 Å². The van der Waals surface area contributed by atoms with Crippen molar-refractivity contribution in [1.29, 1.82) is 0 Å². The van der Waals surface area contributed by atoms with Crippen LogP contribution in [0.2, 0.25) is 5.02 Å². The minimum atomic E-state index is -4.60. The van der Waals surface area contributed by atoms with Crippen molar-refractivity contribution in [2.45, 2.75) is 63.6 Å². The molecule has 0 bridgehead atoms. The molecule has 0 radical (unpaired) electrons. The second kappa shape index (κ2) is 12.5. The van der Waals surface area contributed by atoms with Gasteiger partial charge in [0.1, 0.15) is 12.9 Å². The van der Waals surface area contributed by atoms with Crippen LogP contribution in [0.15, 0.2) is 35.4 Å². The molecule has 2 amide bonds. The lowest BCUT2D eigenvalue weighted by atomic mass is 9.73. The number of likely N-dealkylation sites (tertiary alicyclic amines) is 1. The fraction of sp³-hybridized carbons (Fsp3) is 0.424. The van der Waals surface area contributed by atoms with Crippen LogP contribution in [-0.4, -0.2) is 77.7 Å². The van der Waals surface area contributed by atoms with E-state index in [1.54, 1.807) is 16.4 Å². The number of nitrogens with one attached hydrogen (secondary N) is 1. The van der Waals surface area contributed by atoms with E-state index in [-0.39, 0.29) is 70.0 Å². The van der Waals surface area contributed by atoms with E-state index in [9.17, 15) is 32.7 Å². The second-order valence-corrected chi connectivity index (χ2v) is 13.3. The standard InChI is InChI=1S/C33H32ClF3N8O5/c1-17-14-32(7-9-43(10-8-32)31(49)26-28(47)18(2)38-16-39-26)24-27(17)44(15-23(46)40-22-4-3-19(13-21(22)34)33(35,36)37)30-25(29(24)48)41-45(42-30)20-5-11-50-12-6-20/h3-5,13,16-17,47H,6-12,14-15H2,1-2H3,(H,40,46)/t17-/m0/s1. The molecule has 3 aliphatic rings. The first-order valence-electron chi connectivity index (χ1n) is 16.1. The number of aromatic nitrogens is 6. The molecule has 0 unspecified atom stereocenters. The van der Waals surface area contributed by atoms with Gasteiger partial charge in [-0.15, -0.1) is 10.2 Å². The van der Waals surface area contributed by atoms with Crippen molar-refractivity contribution in [2.75, 3.05) is 31.6 Å². The van der Waals surface area contributed by atoms with Gasteiger partial charge < -0.3 is 24.6 Å². The number of halogens is 4. The summed E-state index contributed by atoms with van der Waals surface area (Å²) in [6, 6.07) is 2.67. The van der Waals surface area contributed by atoms with E-state index in [2.05, 4.69) is 25.5 Å². The predicted molar refractivity (Wildman–Crippen MR) is 175 cm³/mol. The molecule has 1 atom stereocenters. The van der Waals surface area contributed by atoms with Crippen LogP contribution in [0.25, 0.3) is 16.9 Å². The predicted octanol–water partition coefficient (Wildman–Crippen LogP) is 4.65. The molecule has 1 aromatic carbocycles. The first-order chi connectivity index (χ1) is 23.8. The number of alkyl halides is 3. The zero-order valence-electron chi connectivity index (χ0n) is 27.1. The number of piperidine rings is 1. The van der Waals surface area contributed by atoms with Gasteiger partial charge in [0.25, 0.3) is 5.91 Å². The van der Waals surface area contributed by atoms with Gasteiger partial charge in [-0.3, -0.25) is 14.4 Å². The van der Waals surface area contributed by atoms with Crippen molar-refractivity contribution in [1.82, 2.24) is 34.4 Å². The normalized spacial score (nSPS) is 18.7. The SMILES string of the molecule is Cc1ncnc(C(=O)N2CCC3(CC2)C[C@H](C)c2c3c(=O)c3nn(C4=CCOCC4)nc3n2CC(=O)Nc2ccc(C(F)(F)F)cc2Cl)c1O. The highest BCUT2D eigenvalue weighted by Gasteiger charge is 2.49. The zero-order chi connectivity index (χ0) is 35.5. The Morgan fingerprint density at radius 2 is 1.94 bits per heavy atom. The van der Waals surface area contributed by atoms with Gasteiger partial charge in [-0.2, -0.15) is 18.0 Å². The summed E-state index contributed by atoms with van der Waals surface area (Å²) in [5.74, 6) is -1.50. The molecule has 2 aliphatic heterocycles. The Bertz CT molecular complexity index is 2140. The molecule has 17 heteroatoms. The highest BCUT2D eigenvalue weighted by Crippen LogP contribution is 2.51. The van der Waals surface area contributed by atoms with E-state index in [1.165, 1.54) is 11.1 Å². The molecule has 50 heavy (non-hydrogen) atoms. The average molecular weight is 713 g/mol. The zero-order valence-corrected chi connectivity index (χ0v) is 27.8. The summed E-state index contributed by atoms with van der Waals surface area (Å²) < 4.78 is 46.7. The van der Waals surface area contributed by atoms with Crippen LogP contribution in [0.4, 0.5) is 18.9 Å². The van der Waals surface area contributed by atoms with E-state index in [0.29, 0.717) is 50.2 Å². The lowest BCUT2D eigenvalue weighted by Crippen LogP contribution is -2.46. The summed E-state index contributed by atoms with van der Waals surface area (Å²) in [7, 11) is 0. The number of ether oxygens (including phenoxy) is 1. The van der Waals surface area contributed by atoms with Crippen molar-refractivity contribution in [3.63, 3.8) is 0 Å². The van der Waals surface area contributed by atoms with Crippen LogP contribution >= 0.6 is 11.6 Å². The number of aromatic hydroxyl groups is 1. The lowest BCUT2D eigenvalue weighted by molar-refractivity contribution is -0.137. The third kappa shape index (κ3) is 5.79. The Kier molecular flexibility index (Phi) is 8.41. The van der Waals surface area contributed by atoms with E-state index in [4.69, 9.17) is 16.3 Å². The number of benzene rings is 1. The summed E-state index contributed by atoms with van der Waals surface area (Å²) in [5.41, 5.74) is 0.442. The van der Waals surface area contributed by atoms with Crippen molar-refractivity contribution < 1.29 is 32.6 Å². The number of rotatable bonds is 5. The van der Waals surface area contributed by atoms with Gasteiger partial charge in [-0.25, -0.2) is 9.97 Å². The van der Waals surface area contributed by atoms with E-state index in [0.717, 1.165) is 23.9 Å². The van der Waals surface area contributed by atoms with Crippen LogP contribution < -0.4 is 10.7 Å². The maximum Gasteiger partial charge on any atom is 0.416 e. The average Bonchev–Trinajstić information content (AvgIpc) is 3.65. The van der Waals surface area contributed by atoms with E-state index in [1.807, 2.05) is 13.0 Å². The number of amides is 2. The highest BCUT2D eigenvalue weighted by molar-refractivity contribution is 6.33. The van der Waals surface area contributed by atoms with Crippen LogP contribution in [0.3, 0.4) is 0 Å². The maximum atomic E-state index is 14.4. The van der Waals surface area contributed by atoms with Crippen molar-refractivity contribution >= 4 is 46.0 Å². The molecule has 7 rings (SSSR count). The Morgan fingerprint density at radius 3 is 2.62 bits per heavy atom. The Hall–Kier alpha value is -4.83. The second-order valence-electron chi connectivity index (χ2n) is 12.9. The van der Waals surface area contributed by atoms with Crippen molar-refractivity contribution in [3.05, 3.63) is 74.1 Å². The number of anilines is 1. The fourth-order valence-corrected chi connectivity index (χ4v) is 7.63. The fourth-order valence-electron chi connectivity index (χ4n) is 7.40. The van der Waals surface area contributed by atoms with E-state index < -0.39 is 29.0 Å². The number of hydrogen-bond acceptors (Lipinski definition) is 9. The highest BCUT2D eigenvalue weighted by atomic mass is 35.5. The lowest BCUT2D eigenvalue weighted by Gasteiger charge is -2.39. The molecular formula is C33H32ClF3N8O5. The largest absolute Gasteiger partial charge is 0.504 e. The van der Waals surface area contributed by atoms with Crippen molar-refractivity contribution in [2.24, 2.45) is 0 Å². The van der Waals surface area contributed by atoms with Crippen LogP contribution in [0.5, 0.6) is 5.75 Å². The summed E-state index contributed by atoms with van der Waals surface area (Å²) >= 11 is 6.14. The number of aryl methyl sites for hydroxylation is 1. The van der Waals surface area contributed by atoms with Gasteiger partial charge in [0.15, 0.2) is 22.6 Å². The number of hydrogen-bond donors (Lipinski definition) is 2. The third-order valence-electron chi connectivity index (χ3n) is 9.82. The van der Waals surface area contributed by atoms with Crippen LogP contribution in [0, 0.1) is 6.92 Å². The number of carbonyl (C=O) groups excluding carboxylic acids is 2. The van der Waals surface area contributed by atoms with Crippen molar-refractivity contribution in [3.8, 4) is 5.75 Å². The van der Waals surface area contributed by atoms with Gasteiger partial charge in [0.2, 0.25) is 11.3 Å². The molecule has 4 aromatic rings. The molecular weight excluding hydrogens is 681 g/mol. The molecule has 2 N–H and O–H groups in total. The molecule has 13 nitrogen and oxygen atoms in total. The van der Waals surface area contributed by atoms with Gasteiger partial charge >= 0.3 is 6.18 Å². The monoisotopic (exact) mass is 712 g/mol. The summed E-state index contributed by atoms with van der Waals surface area (Å²) in [4.78, 5) is 52.3. The Balaban J connectivity index is 1.26. The molecule has 1 spiro atoms. The molecule has 1 fully saturated rings. The molecule has 3 aromatic heterocycles. The molecule has 262 valence electrons. The minimum Gasteiger partial charge on any atom is -0.504 e. The Labute approximate surface area is 287 Å². The van der Waals surface area contributed by atoms with Crippen LogP contribution in [0.1, 0.15) is 71.5 Å². The quantitative estimate of drug-likeness (QED) is 0.301. The van der Waals surface area contributed by atoms with Gasteiger partial charge in [-0.1, -0.05) is 18.5 Å². The van der Waals surface area contributed by atoms with Gasteiger partial charge in [-0.05, 0) is 56.4 Å². The summed E-state index contributed by atoms with van der Waals surface area (Å²) in [6.45, 7) is 4.59. The number of fused-ring (bicyclic) bond motifs is 3. The maximum absolute atomic E-state index is 14.4. The third-order valence-corrected chi connectivity index (χ3v) is 10.1. The number of pyridine rings is 1. The van der Waals surface area contributed by atoms with Gasteiger partial charge in [0.05, 0.1) is 40.9 Å². The molecule has 1 aliphatic carbocycles. The number of nitrogens with zero attached hydrogens (tertiary/aromatic N) is 7. The first kappa shape index (κ1) is 33.7. The summed E-state index contributed by atoms with van der Waals surface area (Å²) in [6.07, 6.45) is 0.384. The topological polar surface area (TPSA) is 157 Å². The number of carbonyl (C=O) groups is 2. The molecule has 1 saturated heterocycles. The summed E-state index contributed by atoms with van der Waals surface area (Å²) in [5, 5.41) is 22.0. The molecule has 5 heterocycles. The van der Waals surface area contributed by atoms with Crippen LogP contribution in [-0.2, 0) is 27.7 Å². The first-order valence-corrected chi connectivity index (χ1v) is 16.4. The molecule has 0 saturated carbocycles. The Morgan fingerprint density at radius 1 is 1.18 bits per heavy atom. The smallest absolute Gasteiger partial charge is 0.416 e.